The molecule has 0 aromatic heterocycles. The minimum Gasteiger partial charge on any atom is -0.494 e. The molecule has 1 amide bonds. The molecule has 12 heteroatoms. The van der Waals surface area contributed by atoms with Crippen molar-refractivity contribution < 1.29 is 23.9 Å². The maximum Gasteiger partial charge on any atom is 0.283 e. The number of nitro groups is 1. The normalized spacial score (nSPS) is 15.5. The molecule has 0 radical (unpaired) electrons. The quantitative estimate of drug-likeness (QED) is 0.110. The highest BCUT2D eigenvalue weighted by molar-refractivity contribution is 8.26. The molecule has 11 nitrogen and oxygen atoms in total. The maximum atomic E-state index is 12.8. The van der Waals surface area contributed by atoms with E-state index < -0.39 is 10.8 Å². The molecule has 1 N–H and O–H groups in total. The summed E-state index contributed by atoms with van der Waals surface area (Å²) in [6, 6.07) is 11.4. The molecular formula is C29H33N5O6S. The summed E-state index contributed by atoms with van der Waals surface area (Å²) in [6.45, 7) is 5.23. The van der Waals surface area contributed by atoms with E-state index in [4.69, 9.17) is 19.6 Å². The van der Waals surface area contributed by atoms with Crippen LogP contribution >= 0.6 is 11.8 Å². The predicted octanol–water partition coefficient (Wildman–Crippen LogP) is 6.43. The van der Waals surface area contributed by atoms with Gasteiger partial charge in [0.05, 0.1) is 17.1 Å². The van der Waals surface area contributed by atoms with Crippen molar-refractivity contribution >= 4 is 45.5 Å². The van der Waals surface area contributed by atoms with Gasteiger partial charge in [-0.05, 0) is 67.4 Å². The van der Waals surface area contributed by atoms with Crippen molar-refractivity contribution in [1.82, 2.24) is 5.01 Å². The highest BCUT2D eigenvalue weighted by Gasteiger charge is 2.35. The van der Waals surface area contributed by atoms with E-state index in [9.17, 15) is 14.9 Å². The standard InChI is InChI=1S/C29H33N5O6S/c1-3-5-6-7-15-38-22-10-12-23(13-11-22)39-16-17-40-25-14-9-21(34(36)37)18-20(25)19-24-27(30)33-29(31-28(24)35)41-26(32-33)8-4-2/h9-14,18-19,30H,3-8,15-17H2,1-2H3/b24-19+,30-27?. The van der Waals surface area contributed by atoms with Gasteiger partial charge in [0.15, 0.2) is 5.84 Å². The summed E-state index contributed by atoms with van der Waals surface area (Å²) >= 11 is 1.26. The molecule has 0 spiro atoms. The second-order valence-electron chi connectivity index (χ2n) is 9.32. The lowest BCUT2D eigenvalue weighted by molar-refractivity contribution is -0.384. The zero-order chi connectivity index (χ0) is 29.2. The first-order valence-electron chi connectivity index (χ1n) is 13.7. The fourth-order valence-electron chi connectivity index (χ4n) is 4.06. The van der Waals surface area contributed by atoms with Gasteiger partial charge < -0.3 is 14.2 Å². The van der Waals surface area contributed by atoms with Crippen molar-refractivity contribution in [2.45, 2.75) is 52.4 Å². The molecule has 2 aliphatic rings. The van der Waals surface area contributed by atoms with Gasteiger partial charge in [-0.15, -0.1) is 0 Å². The van der Waals surface area contributed by atoms with Crippen LogP contribution in [0.1, 0.15) is 57.9 Å². The summed E-state index contributed by atoms with van der Waals surface area (Å²) in [4.78, 5) is 27.8. The smallest absolute Gasteiger partial charge is 0.283 e. The Kier molecular flexibility index (Phi) is 10.5. The van der Waals surface area contributed by atoms with E-state index in [0.717, 1.165) is 30.1 Å². The van der Waals surface area contributed by atoms with Crippen molar-refractivity contribution in [3.05, 3.63) is 63.7 Å². The zero-order valence-electron chi connectivity index (χ0n) is 23.1. The molecule has 0 aliphatic carbocycles. The Morgan fingerprint density at radius 3 is 2.37 bits per heavy atom. The van der Waals surface area contributed by atoms with E-state index in [-0.39, 0.29) is 35.9 Å². The average Bonchev–Trinajstić information content (AvgIpc) is 3.37. The van der Waals surface area contributed by atoms with Crippen LogP contribution in [0.15, 0.2) is 58.1 Å². The van der Waals surface area contributed by atoms with Crippen LogP contribution in [0.3, 0.4) is 0 Å². The Bertz CT molecular complexity index is 1370. The number of amidine groups is 2. The Morgan fingerprint density at radius 1 is 0.976 bits per heavy atom. The van der Waals surface area contributed by atoms with Gasteiger partial charge in [-0.3, -0.25) is 20.3 Å². The third-order valence-electron chi connectivity index (χ3n) is 6.16. The van der Waals surface area contributed by atoms with Gasteiger partial charge in [-0.25, -0.2) is 0 Å². The number of nitrogens with zero attached hydrogens (tertiary/aromatic N) is 4. The van der Waals surface area contributed by atoms with Crippen LogP contribution in [-0.4, -0.2) is 51.7 Å². The van der Waals surface area contributed by atoms with Gasteiger partial charge in [0.25, 0.3) is 11.6 Å². The first-order chi connectivity index (χ1) is 19.9. The Balaban J connectivity index is 1.40. The highest BCUT2D eigenvalue weighted by Crippen LogP contribution is 2.32. The van der Waals surface area contributed by atoms with E-state index in [2.05, 4.69) is 17.0 Å². The van der Waals surface area contributed by atoms with Gasteiger partial charge in [0, 0.05) is 17.7 Å². The summed E-state index contributed by atoms with van der Waals surface area (Å²) in [7, 11) is 0. The monoisotopic (exact) mass is 579 g/mol. The number of rotatable bonds is 15. The number of non-ortho nitro benzene ring substituents is 1. The first kappa shape index (κ1) is 29.8. The summed E-state index contributed by atoms with van der Waals surface area (Å²) in [6.07, 6.45) is 7.54. The third-order valence-corrected chi connectivity index (χ3v) is 7.13. The minimum absolute atomic E-state index is 0.0369. The van der Waals surface area contributed by atoms with Crippen LogP contribution in [0.2, 0.25) is 0 Å². The van der Waals surface area contributed by atoms with Crippen molar-refractivity contribution in [2.24, 2.45) is 10.1 Å². The Hall–Kier alpha value is -4.19. The Morgan fingerprint density at radius 2 is 1.68 bits per heavy atom. The molecule has 0 saturated heterocycles. The van der Waals surface area contributed by atoms with Crippen LogP contribution in [0, 0.1) is 15.5 Å². The van der Waals surface area contributed by atoms with E-state index in [0.29, 0.717) is 29.7 Å². The van der Waals surface area contributed by atoms with Crippen LogP contribution in [-0.2, 0) is 4.79 Å². The van der Waals surface area contributed by atoms with Crippen LogP contribution in [0.5, 0.6) is 17.2 Å². The van der Waals surface area contributed by atoms with E-state index in [1.807, 2.05) is 31.2 Å². The fraction of sp³-hybridized carbons (Fsp3) is 0.379. The number of ether oxygens (including phenoxy) is 3. The molecule has 0 atom stereocenters. The molecule has 2 aromatic rings. The molecule has 0 saturated carbocycles. The number of aliphatic imine (C=N–C) groups is 1. The summed E-state index contributed by atoms with van der Waals surface area (Å²) < 4.78 is 17.4. The molecular weight excluding hydrogens is 546 g/mol. The van der Waals surface area contributed by atoms with E-state index in [1.54, 1.807) is 0 Å². The number of amides is 1. The summed E-state index contributed by atoms with van der Waals surface area (Å²) in [5.74, 6) is 0.982. The number of fused-ring (bicyclic) bond motifs is 1. The van der Waals surface area contributed by atoms with Gasteiger partial charge in [0.2, 0.25) is 5.17 Å². The van der Waals surface area contributed by atoms with Crippen molar-refractivity contribution in [3.63, 3.8) is 0 Å². The van der Waals surface area contributed by atoms with Crippen LogP contribution in [0.25, 0.3) is 6.08 Å². The number of carbonyl (C=O) groups is 1. The van der Waals surface area contributed by atoms with Crippen LogP contribution in [0.4, 0.5) is 5.69 Å². The van der Waals surface area contributed by atoms with Crippen molar-refractivity contribution in [2.75, 3.05) is 19.8 Å². The molecule has 216 valence electrons. The molecule has 0 unspecified atom stereocenters. The zero-order valence-corrected chi connectivity index (χ0v) is 23.9. The van der Waals surface area contributed by atoms with E-state index >= 15 is 0 Å². The average molecular weight is 580 g/mol. The number of hydrazone groups is 1. The second kappa shape index (κ2) is 14.4. The van der Waals surface area contributed by atoms with Gasteiger partial charge in [0.1, 0.15) is 35.5 Å². The summed E-state index contributed by atoms with van der Waals surface area (Å²) in [5, 5.41) is 26.8. The predicted molar refractivity (Wildman–Crippen MR) is 160 cm³/mol. The maximum absolute atomic E-state index is 12.8. The molecule has 0 bridgehead atoms. The SMILES string of the molecule is CCCCCCOc1ccc(OCCOc2ccc([N+](=O)[O-])cc2/C=C2\C(=N)N3N=C(CCC)SC3=NC2=O)cc1. The molecule has 2 aliphatic heterocycles. The third kappa shape index (κ3) is 7.94. The number of nitro benzene ring substituents is 1. The van der Waals surface area contributed by atoms with Crippen molar-refractivity contribution in [3.8, 4) is 17.2 Å². The molecule has 0 fully saturated rings. The largest absolute Gasteiger partial charge is 0.494 e. The topological polar surface area (TPSA) is 140 Å². The first-order valence-corrected chi connectivity index (χ1v) is 14.5. The second-order valence-corrected chi connectivity index (χ2v) is 10.4. The number of unbranched alkanes of at least 4 members (excludes halogenated alkanes) is 3. The number of benzene rings is 2. The van der Waals surface area contributed by atoms with Crippen molar-refractivity contribution in [1.29, 1.82) is 5.41 Å². The van der Waals surface area contributed by atoms with E-state index in [1.165, 1.54) is 53.9 Å². The Labute approximate surface area is 242 Å². The molecule has 41 heavy (non-hydrogen) atoms. The van der Waals surface area contributed by atoms with Crippen LogP contribution < -0.4 is 14.2 Å². The molecule has 2 heterocycles. The lowest BCUT2D eigenvalue weighted by Gasteiger charge is -2.20. The number of hydrogen-bond donors (Lipinski definition) is 1. The highest BCUT2D eigenvalue weighted by atomic mass is 32.2. The number of carbonyl (C=O) groups excluding carboxylic acids is 1. The number of thioether (sulfide) groups is 1. The minimum atomic E-state index is -0.615. The summed E-state index contributed by atoms with van der Waals surface area (Å²) in [5.41, 5.74) is 0.0631. The lowest BCUT2D eigenvalue weighted by Crippen LogP contribution is -2.35. The number of hydrogen-bond acceptors (Lipinski definition) is 9. The fourth-order valence-corrected chi connectivity index (χ4v) is 5.04. The lowest BCUT2D eigenvalue weighted by atomic mass is 10.1. The van der Waals surface area contributed by atoms with Gasteiger partial charge in [-0.1, -0.05) is 33.1 Å². The number of nitrogens with one attached hydrogen (secondary N) is 1. The molecule has 2 aromatic carbocycles. The molecule has 4 rings (SSSR count). The van der Waals surface area contributed by atoms with Gasteiger partial charge in [-0.2, -0.15) is 15.1 Å². The van der Waals surface area contributed by atoms with Gasteiger partial charge >= 0.3 is 0 Å².